The molecule has 13 heavy (non-hydrogen) atoms. The molecule has 0 aromatic carbocycles. The van der Waals surface area contributed by atoms with E-state index in [4.69, 9.17) is 34.8 Å². The predicted octanol–water partition coefficient (Wildman–Crippen LogP) is 2.99. The lowest BCUT2D eigenvalue weighted by Crippen LogP contribution is -1.88. The third-order valence-corrected chi connectivity index (χ3v) is 2.23. The van der Waals surface area contributed by atoms with Crippen LogP contribution in [0.15, 0.2) is 12.3 Å². The van der Waals surface area contributed by atoms with Crippen LogP contribution in [0, 0.1) is 0 Å². The SMILES string of the molecule is Clc1nc(Cl)c2ccnc(Cl)c2n1. The second-order valence-corrected chi connectivity index (χ2v) is 3.34. The van der Waals surface area contributed by atoms with Crippen LogP contribution in [0.5, 0.6) is 0 Å². The van der Waals surface area contributed by atoms with E-state index in [1.807, 2.05) is 0 Å². The second-order valence-electron chi connectivity index (χ2n) is 2.28. The highest BCUT2D eigenvalue weighted by atomic mass is 35.5. The zero-order valence-electron chi connectivity index (χ0n) is 6.13. The summed E-state index contributed by atoms with van der Waals surface area (Å²) in [5.74, 6) is 0. The number of hydrogen-bond donors (Lipinski definition) is 0. The quantitative estimate of drug-likeness (QED) is 0.400. The first-order valence-electron chi connectivity index (χ1n) is 3.32. The smallest absolute Gasteiger partial charge is 0.224 e. The maximum Gasteiger partial charge on any atom is 0.224 e. The van der Waals surface area contributed by atoms with Gasteiger partial charge in [0.25, 0.3) is 0 Å². The van der Waals surface area contributed by atoms with Gasteiger partial charge in [-0.25, -0.2) is 15.0 Å². The van der Waals surface area contributed by atoms with Crippen LogP contribution in [0.1, 0.15) is 0 Å². The van der Waals surface area contributed by atoms with Crippen LogP contribution in [0.3, 0.4) is 0 Å². The highest BCUT2D eigenvalue weighted by molar-refractivity contribution is 6.38. The molecule has 66 valence electrons. The highest BCUT2D eigenvalue weighted by Crippen LogP contribution is 2.25. The van der Waals surface area contributed by atoms with E-state index < -0.39 is 0 Å². The summed E-state index contributed by atoms with van der Waals surface area (Å²) in [6, 6.07) is 1.68. The first kappa shape index (κ1) is 8.94. The molecule has 0 atom stereocenters. The van der Waals surface area contributed by atoms with Crippen LogP contribution in [0.2, 0.25) is 15.6 Å². The Hall–Kier alpha value is -0.640. The topological polar surface area (TPSA) is 38.7 Å². The van der Waals surface area contributed by atoms with Gasteiger partial charge in [-0.15, -0.1) is 0 Å². The highest BCUT2D eigenvalue weighted by Gasteiger charge is 2.07. The Labute approximate surface area is 88.7 Å². The maximum absolute atomic E-state index is 5.81. The molecule has 6 heteroatoms. The van der Waals surface area contributed by atoms with Gasteiger partial charge in [-0.1, -0.05) is 23.2 Å². The van der Waals surface area contributed by atoms with E-state index in [0.29, 0.717) is 10.9 Å². The van der Waals surface area contributed by atoms with E-state index in [1.165, 1.54) is 6.20 Å². The lowest BCUT2D eigenvalue weighted by Gasteiger charge is -1.99. The zero-order chi connectivity index (χ0) is 9.42. The normalized spacial score (nSPS) is 10.7. The van der Waals surface area contributed by atoms with Crippen LogP contribution >= 0.6 is 34.8 Å². The summed E-state index contributed by atoms with van der Waals surface area (Å²) < 4.78 is 0. The molecule has 0 aliphatic rings. The average molecular weight is 234 g/mol. The molecule has 0 unspecified atom stereocenters. The molecule has 2 rings (SSSR count). The van der Waals surface area contributed by atoms with E-state index in [9.17, 15) is 0 Å². The molecule has 0 aliphatic heterocycles. The summed E-state index contributed by atoms with van der Waals surface area (Å²) in [4.78, 5) is 11.5. The molecule has 0 amide bonds. The van der Waals surface area contributed by atoms with Crippen LogP contribution in [-0.2, 0) is 0 Å². The zero-order valence-corrected chi connectivity index (χ0v) is 8.40. The summed E-state index contributed by atoms with van der Waals surface area (Å²) in [5, 5.41) is 1.25. The van der Waals surface area contributed by atoms with Gasteiger partial charge in [0.05, 0.1) is 0 Å². The molecular formula is C7H2Cl3N3. The van der Waals surface area contributed by atoms with Crippen molar-refractivity contribution in [1.29, 1.82) is 0 Å². The van der Waals surface area contributed by atoms with Crippen molar-refractivity contribution in [3.05, 3.63) is 27.9 Å². The monoisotopic (exact) mass is 233 g/mol. The van der Waals surface area contributed by atoms with Crippen molar-refractivity contribution >= 4 is 45.7 Å². The van der Waals surface area contributed by atoms with Gasteiger partial charge in [-0.3, -0.25) is 0 Å². The molecule has 0 bridgehead atoms. The number of nitrogens with zero attached hydrogens (tertiary/aromatic N) is 3. The molecular weight excluding hydrogens is 232 g/mol. The minimum Gasteiger partial charge on any atom is -0.242 e. The van der Waals surface area contributed by atoms with Crippen LogP contribution in [0.25, 0.3) is 10.9 Å². The second kappa shape index (κ2) is 3.25. The molecule has 0 N–H and O–H groups in total. The minimum absolute atomic E-state index is 0.0624. The average Bonchev–Trinajstić information content (AvgIpc) is 2.07. The number of fused-ring (bicyclic) bond motifs is 1. The van der Waals surface area contributed by atoms with E-state index in [0.717, 1.165) is 0 Å². The Bertz CT molecular complexity index is 472. The number of hydrogen-bond acceptors (Lipinski definition) is 3. The van der Waals surface area contributed by atoms with Gasteiger partial charge in [0.1, 0.15) is 10.7 Å². The van der Waals surface area contributed by atoms with Gasteiger partial charge >= 0.3 is 0 Å². The molecule has 0 fully saturated rings. The Morgan fingerprint density at radius 3 is 2.54 bits per heavy atom. The number of pyridine rings is 1. The summed E-state index contributed by atoms with van der Waals surface area (Å²) in [7, 11) is 0. The lowest BCUT2D eigenvalue weighted by molar-refractivity contribution is 1.20. The molecule has 0 radical (unpaired) electrons. The van der Waals surface area contributed by atoms with E-state index >= 15 is 0 Å². The summed E-state index contributed by atoms with van der Waals surface area (Å²) >= 11 is 17.2. The summed E-state index contributed by atoms with van der Waals surface area (Å²) in [5.41, 5.74) is 0.467. The Morgan fingerprint density at radius 2 is 1.77 bits per heavy atom. The van der Waals surface area contributed by atoms with E-state index in [1.54, 1.807) is 6.07 Å². The Balaban J connectivity index is 2.94. The minimum atomic E-state index is 0.0624. The van der Waals surface area contributed by atoms with Gasteiger partial charge in [-0.05, 0) is 17.7 Å². The molecule has 2 aromatic rings. The van der Waals surface area contributed by atoms with Crippen molar-refractivity contribution in [1.82, 2.24) is 15.0 Å². The fraction of sp³-hybridized carbons (Fsp3) is 0. The van der Waals surface area contributed by atoms with Crippen molar-refractivity contribution in [3.8, 4) is 0 Å². The molecule has 0 saturated carbocycles. The first-order chi connectivity index (χ1) is 6.18. The molecule has 0 aliphatic carbocycles. The standard InChI is InChI=1S/C7H2Cl3N3/c8-5-3-1-2-11-6(9)4(3)12-7(10)13-5/h1-2H. The van der Waals surface area contributed by atoms with Gasteiger partial charge in [-0.2, -0.15) is 0 Å². The summed E-state index contributed by atoms with van der Waals surface area (Å²) in [6.45, 7) is 0. The van der Waals surface area contributed by atoms with Crippen molar-refractivity contribution < 1.29 is 0 Å². The largest absolute Gasteiger partial charge is 0.242 e. The van der Waals surface area contributed by atoms with Gasteiger partial charge in [0.15, 0.2) is 5.15 Å². The van der Waals surface area contributed by atoms with Crippen molar-refractivity contribution in [2.24, 2.45) is 0 Å². The Kier molecular flexibility index (Phi) is 2.24. The van der Waals surface area contributed by atoms with Crippen molar-refractivity contribution in [2.75, 3.05) is 0 Å². The van der Waals surface area contributed by atoms with Crippen LogP contribution < -0.4 is 0 Å². The number of halogens is 3. The molecule has 0 saturated heterocycles. The van der Waals surface area contributed by atoms with E-state index in [2.05, 4.69) is 15.0 Å². The molecule has 0 spiro atoms. The maximum atomic E-state index is 5.81. The van der Waals surface area contributed by atoms with Gasteiger partial charge < -0.3 is 0 Å². The summed E-state index contributed by atoms with van der Waals surface area (Å²) in [6.07, 6.45) is 1.54. The fourth-order valence-corrected chi connectivity index (χ4v) is 1.60. The molecule has 3 nitrogen and oxygen atoms in total. The Morgan fingerprint density at radius 1 is 1.00 bits per heavy atom. The van der Waals surface area contributed by atoms with Crippen LogP contribution in [0.4, 0.5) is 0 Å². The third kappa shape index (κ3) is 1.55. The van der Waals surface area contributed by atoms with Gasteiger partial charge in [0.2, 0.25) is 5.28 Å². The van der Waals surface area contributed by atoms with Gasteiger partial charge in [0, 0.05) is 11.6 Å². The van der Waals surface area contributed by atoms with Crippen LogP contribution in [-0.4, -0.2) is 15.0 Å². The van der Waals surface area contributed by atoms with Crippen molar-refractivity contribution in [3.63, 3.8) is 0 Å². The third-order valence-electron chi connectivity index (χ3n) is 1.50. The fourth-order valence-electron chi connectivity index (χ4n) is 0.960. The molecule has 2 heterocycles. The van der Waals surface area contributed by atoms with E-state index in [-0.39, 0.29) is 15.6 Å². The first-order valence-corrected chi connectivity index (χ1v) is 4.45. The predicted molar refractivity (Wildman–Crippen MR) is 52.4 cm³/mol. The molecule has 2 aromatic heterocycles. The number of aromatic nitrogens is 3. The van der Waals surface area contributed by atoms with Crippen molar-refractivity contribution in [2.45, 2.75) is 0 Å². The lowest BCUT2D eigenvalue weighted by atomic mass is 10.3. The number of rotatable bonds is 0.